The van der Waals surface area contributed by atoms with Gasteiger partial charge in [0.25, 0.3) is 0 Å². The normalized spacial score (nSPS) is 14.0. The van der Waals surface area contributed by atoms with Crippen LogP contribution in [0.1, 0.15) is 111 Å². The van der Waals surface area contributed by atoms with Gasteiger partial charge in [0, 0.05) is 6.42 Å². The number of nitrogens with one attached hydrogen (secondary N) is 3. The van der Waals surface area contributed by atoms with Crippen LogP contribution in [0.2, 0.25) is 0 Å². The largest absolute Gasteiger partial charge is 0.393 e. The molecule has 0 heterocycles. The lowest BCUT2D eigenvalue weighted by Crippen LogP contribution is -2.56. The van der Waals surface area contributed by atoms with Gasteiger partial charge in [-0.1, -0.05) is 78.6 Å². The second-order valence-electron chi connectivity index (χ2n) is 10.7. The van der Waals surface area contributed by atoms with Crippen LogP contribution in [0.25, 0.3) is 0 Å². The van der Waals surface area contributed by atoms with Crippen molar-refractivity contribution in [3.63, 3.8) is 0 Å². The molecule has 0 radical (unpaired) electrons. The highest BCUT2D eigenvalue weighted by Crippen LogP contribution is 2.12. The number of aliphatic hydroxyl groups excluding tert-OH is 1. The predicted octanol–water partition coefficient (Wildman–Crippen LogP) is 1.11. The summed E-state index contributed by atoms with van der Waals surface area (Å²) in [4.78, 5) is 72.4. The first kappa shape index (κ1) is 37.0. The molecule has 4 atom stereocenters. The second kappa shape index (κ2) is 21.8. The van der Waals surface area contributed by atoms with E-state index >= 15 is 0 Å². The molecule has 0 fully saturated rings. The molecule has 0 aromatic heterocycles. The highest BCUT2D eigenvalue weighted by Gasteiger charge is 2.30. The lowest BCUT2D eigenvalue weighted by molar-refractivity contribution is -0.134. The Kier molecular flexibility index (Phi) is 20.1. The number of carbonyl (C=O) groups is 6. The molecule has 0 bridgehead atoms. The van der Waals surface area contributed by atoms with Crippen molar-refractivity contribution in [1.82, 2.24) is 16.0 Å². The quantitative estimate of drug-likeness (QED) is 0.0735. The van der Waals surface area contributed by atoms with Crippen LogP contribution in [-0.4, -0.2) is 65.2 Å². The number of aldehydes is 1. The summed E-state index contributed by atoms with van der Waals surface area (Å²) in [5.74, 6) is -4.04. The summed E-state index contributed by atoms with van der Waals surface area (Å²) in [6.07, 6.45) is 9.01. The molecular formula is C28H51N5O7. The van der Waals surface area contributed by atoms with Gasteiger partial charge in [0.05, 0.1) is 25.0 Å². The molecular weight excluding hydrogens is 518 g/mol. The van der Waals surface area contributed by atoms with E-state index in [0.29, 0.717) is 12.7 Å². The number of carbonyl (C=O) groups excluding carboxylic acids is 6. The van der Waals surface area contributed by atoms with Gasteiger partial charge in [0.1, 0.15) is 18.4 Å². The molecule has 0 aliphatic heterocycles. The van der Waals surface area contributed by atoms with Gasteiger partial charge in [-0.25, -0.2) is 0 Å². The smallest absolute Gasteiger partial charge is 0.243 e. The molecule has 0 aromatic rings. The summed E-state index contributed by atoms with van der Waals surface area (Å²) in [6, 6.07) is -3.49. The van der Waals surface area contributed by atoms with Crippen LogP contribution in [-0.2, 0) is 28.8 Å². The molecule has 12 heteroatoms. The van der Waals surface area contributed by atoms with Crippen molar-refractivity contribution in [3.8, 4) is 0 Å². The van der Waals surface area contributed by atoms with Gasteiger partial charge in [-0.3, -0.25) is 24.0 Å². The zero-order chi connectivity index (χ0) is 30.5. The summed E-state index contributed by atoms with van der Waals surface area (Å²) in [5.41, 5.74) is 10.4. The van der Waals surface area contributed by atoms with E-state index in [1.807, 2.05) is 0 Å². The van der Waals surface area contributed by atoms with Gasteiger partial charge < -0.3 is 37.3 Å². The minimum atomic E-state index is -1.40. The van der Waals surface area contributed by atoms with Crippen molar-refractivity contribution in [1.29, 1.82) is 0 Å². The molecule has 0 unspecified atom stereocenters. The Hall–Kier alpha value is -3.02. The van der Waals surface area contributed by atoms with Crippen LogP contribution in [0.15, 0.2) is 0 Å². The van der Waals surface area contributed by atoms with Gasteiger partial charge >= 0.3 is 0 Å². The van der Waals surface area contributed by atoms with Gasteiger partial charge in [-0.05, 0) is 18.8 Å². The standard InChI is InChI=1S/C28H51N5O7/c1-4-5-6-7-8-9-10-11-12-13-20(35)16-26(38)31-22(17-25(30)37)28(40)32-21(14-15-24(29)36)27(39)33-23(18-34)19(2)3/h18-23,35H,4-17H2,1-3H3,(H2,29,36)(H2,30,37)(H,31,38)(H,32,40)(H,33,39)/t20-,21+,22+,23-/m1/s1. The van der Waals surface area contributed by atoms with Crippen LogP contribution in [0.4, 0.5) is 0 Å². The summed E-state index contributed by atoms with van der Waals surface area (Å²) in [5, 5.41) is 17.6. The molecule has 0 saturated carbocycles. The van der Waals surface area contributed by atoms with Crippen LogP contribution >= 0.6 is 0 Å². The molecule has 0 aromatic carbocycles. The van der Waals surface area contributed by atoms with E-state index in [0.717, 1.165) is 25.7 Å². The topological polar surface area (TPSA) is 211 Å². The summed E-state index contributed by atoms with van der Waals surface area (Å²) >= 11 is 0. The third-order valence-corrected chi connectivity index (χ3v) is 6.61. The van der Waals surface area contributed by atoms with E-state index in [1.54, 1.807) is 13.8 Å². The minimum Gasteiger partial charge on any atom is -0.393 e. The maximum atomic E-state index is 12.9. The van der Waals surface area contributed by atoms with Gasteiger partial charge in [-0.2, -0.15) is 0 Å². The third-order valence-electron chi connectivity index (χ3n) is 6.61. The number of hydrogen-bond donors (Lipinski definition) is 6. The SMILES string of the molecule is CCCCCCCCCCC[C@@H](O)CC(=O)N[C@@H](CC(N)=O)C(=O)N[C@@H](CCC(N)=O)C(=O)N[C@H](C=O)C(C)C. The van der Waals surface area contributed by atoms with E-state index in [4.69, 9.17) is 11.5 Å². The second-order valence-corrected chi connectivity index (χ2v) is 10.7. The fourth-order valence-electron chi connectivity index (χ4n) is 4.12. The Labute approximate surface area is 238 Å². The summed E-state index contributed by atoms with van der Waals surface area (Å²) < 4.78 is 0. The van der Waals surface area contributed by atoms with E-state index in [2.05, 4.69) is 22.9 Å². The first-order valence-corrected chi connectivity index (χ1v) is 14.5. The maximum Gasteiger partial charge on any atom is 0.243 e. The number of primary amides is 2. The Morgan fingerprint density at radius 3 is 1.77 bits per heavy atom. The van der Waals surface area contributed by atoms with Crippen LogP contribution in [0.5, 0.6) is 0 Å². The fourth-order valence-corrected chi connectivity index (χ4v) is 4.12. The highest BCUT2D eigenvalue weighted by molar-refractivity contribution is 5.95. The lowest BCUT2D eigenvalue weighted by Gasteiger charge is -2.25. The molecule has 40 heavy (non-hydrogen) atoms. The van der Waals surface area contributed by atoms with E-state index in [1.165, 1.54) is 32.1 Å². The number of rotatable bonds is 24. The van der Waals surface area contributed by atoms with Gasteiger partial charge in [0.2, 0.25) is 29.5 Å². The molecule has 0 spiro atoms. The molecule has 8 N–H and O–H groups in total. The van der Waals surface area contributed by atoms with E-state index < -0.39 is 60.2 Å². The molecule has 0 aliphatic carbocycles. The molecule has 230 valence electrons. The summed E-state index contributed by atoms with van der Waals surface area (Å²) in [7, 11) is 0. The Balaban J connectivity index is 4.95. The van der Waals surface area contributed by atoms with Crippen molar-refractivity contribution in [2.75, 3.05) is 0 Å². The molecule has 0 rings (SSSR count). The minimum absolute atomic E-state index is 0.161. The lowest BCUT2D eigenvalue weighted by atomic mass is 10.0. The van der Waals surface area contributed by atoms with Crippen molar-refractivity contribution >= 4 is 35.8 Å². The van der Waals surface area contributed by atoms with Crippen molar-refractivity contribution in [3.05, 3.63) is 0 Å². The molecule has 0 saturated heterocycles. The van der Waals surface area contributed by atoms with Crippen molar-refractivity contribution in [2.45, 2.75) is 135 Å². The van der Waals surface area contributed by atoms with Crippen LogP contribution in [0, 0.1) is 5.92 Å². The first-order valence-electron chi connectivity index (χ1n) is 14.5. The molecule has 5 amide bonds. The third kappa shape index (κ3) is 18.3. The maximum absolute atomic E-state index is 12.9. The number of aliphatic hydroxyl groups is 1. The van der Waals surface area contributed by atoms with Gasteiger partial charge in [0.15, 0.2) is 0 Å². The average molecular weight is 570 g/mol. The van der Waals surface area contributed by atoms with Crippen LogP contribution in [0.3, 0.4) is 0 Å². The Bertz CT molecular complexity index is 806. The number of hydrogen-bond acceptors (Lipinski definition) is 7. The zero-order valence-electron chi connectivity index (χ0n) is 24.4. The number of nitrogens with two attached hydrogens (primary N) is 2. The van der Waals surface area contributed by atoms with Gasteiger partial charge in [-0.15, -0.1) is 0 Å². The Morgan fingerprint density at radius 2 is 1.27 bits per heavy atom. The monoisotopic (exact) mass is 569 g/mol. The molecule has 12 nitrogen and oxygen atoms in total. The molecule has 0 aliphatic rings. The first-order chi connectivity index (χ1) is 18.9. The number of amides is 5. The van der Waals surface area contributed by atoms with Crippen LogP contribution < -0.4 is 27.4 Å². The summed E-state index contributed by atoms with van der Waals surface area (Å²) in [6.45, 7) is 5.63. The highest BCUT2D eigenvalue weighted by atomic mass is 16.3. The number of unbranched alkanes of at least 4 members (excludes halogenated alkanes) is 8. The predicted molar refractivity (Wildman–Crippen MR) is 151 cm³/mol. The average Bonchev–Trinajstić information content (AvgIpc) is 2.87. The zero-order valence-corrected chi connectivity index (χ0v) is 24.4. The van der Waals surface area contributed by atoms with Crippen molar-refractivity contribution < 1.29 is 33.9 Å². The Morgan fingerprint density at radius 1 is 0.725 bits per heavy atom. The van der Waals surface area contributed by atoms with Crippen molar-refractivity contribution in [2.24, 2.45) is 17.4 Å². The van der Waals surface area contributed by atoms with E-state index in [-0.39, 0.29) is 25.2 Å². The fraction of sp³-hybridized carbons (Fsp3) is 0.786. The van der Waals surface area contributed by atoms with E-state index in [9.17, 15) is 33.9 Å².